The van der Waals surface area contributed by atoms with Crippen molar-refractivity contribution in [1.29, 1.82) is 0 Å². The molecule has 4 heteroatoms. The van der Waals surface area contributed by atoms with Crippen molar-refractivity contribution < 1.29 is 10.1 Å². The van der Waals surface area contributed by atoms with Crippen molar-refractivity contribution in [3.63, 3.8) is 0 Å². The Morgan fingerprint density at radius 3 is 1.92 bits per heavy atom. The Balaban J connectivity index is 2.74. The normalized spacial score (nSPS) is 27.8. The van der Waals surface area contributed by atoms with Crippen molar-refractivity contribution in [1.82, 2.24) is 10.7 Å². The Morgan fingerprint density at radius 2 is 1.58 bits per heavy atom. The molecule has 1 saturated heterocycles. The van der Waals surface area contributed by atoms with E-state index in [4.69, 9.17) is 10.1 Å². The van der Waals surface area contributed by atoms with Gasteiger partial charge in [0.1, 0.15) is 0 Å². The average molecular weight is 174 g/mol. The summed E-state index contributed by atoms with van der Waals surface area (Å²) in [6.07, 6.45) is 2.14. The van der Waals surface area contributed by atoms with E-state index in [1.54, 1.807) is 10.7 Å². The summed E-state index contributed by atoms with van der Waals surface area (Å²) in [4.78, 5) is 4.97. The lowest BCUT2D eigenvalue weighted by atomic mass is 10.0. The Labute approximate surface area is 73.4 Å². The smallest absolute Gasteiger partial charge is 0.0433 e. The molecule has 1 rings (SSSR count). The molecule has 0 radical (unpaired) electrons. The molecule has 1 aliphatic heterocycles. The molecule has 1 fully saturated rings. The maximum absolute atomic E-state index is 8.48. The quantitative estimate of drug-likeness (QED) is 0.622. The van der Waals surface area contributed by atoms with E-state index in [0.29, 0.717) is 0 Å². The van der Waals surface area contributed by atoms with E-state index in [2.05, 4.69) is 27.7 Å². The third kappa shape index (κ3) is 1.61. The molecule has 12 heavy (non-hydrogen) atoms. The standard InChI is InChI=1S/C8H18N2O2/c1-7(2)5-6-8(3,4)10(7)12-9-11/h9,11H,5-6H2,1-4H3. The first-order chi connectivity index (χ1) is 5.40. The van der Waals surface area contributed by atoms with Gasteiger partial charge in [0.15, 0.2) is 0 Å². The van der Waals surface area contributed by atoms with Gasteiger partial charge in [0, 0.05) is 11.1 Å². The Morgan fingerprint density at radius 1 is 1.17 bits per heavy atom. The summed E-state index contributed by atoms with van der Waals surface area (Å²) in [6, 6.07) is 0. The van der Waals surface area contributed by atoms with Gasteiger partial charge < -0.3 is 0 Å². The predicted octanol–water partition coefficient (Wildman–Crippen LogP) is 1.46. The summed E-state index contributed by atoms with van der Waals surface area (Å²) < 4.78 is 0. The van der Waals surface area contributed by atoms with E-state index in [9.17, 15) is 0 Å². The first-order valence-electron chi connectivity index (χ1n) is 4.26. The van der Waals surface area contributed by atoms with Crippen LogP contribution in [0.25, 0.3) is 0 Å². The van der Waals surface area contributed by atoms with Crippen LogP contribution in [0.4, 0.5) is 0 Å². The van der Waals surface area contributed by atoms with E-state index >= 15 is 0 Å². The zero-order valence-electron chi connectivity index (χ0n) is 8.22. The van der Waals surface area contributed by atoms with Crippen LogP contribution in [0.3, 0.4) is 0 Å². The molecular weight excluding hydrogens is 156 g/mol. The largest absolute Gasteiger partial charge is 0.291 e. The summed E-state index contributed by atoms with van der Waals surface area (Å²) >= 11 is 0. The Hall–Kier alpha value is -0.160. The molecule has 0 amide bonds. The van der Waals surface area contributed by atoms with Crippen molar-refractivity contribution in [2.75, 3.05) is 0 Å². The highest BCUT2D eigenvalue weighted by molar-refractivity contribution is 4.95. The van der Waals surface area contributed by atoms with Gasteiger partial charge in [-0.2, -0.15) is 10.0 Å². The lowest BCUT2D eigenvalue weighted by Crippen LogP contribution is -2.50. The molecule has 1 heterocycles. The van der Waals surface area contributed by atoms with Gasteiger partial charge >= 0.3 is 0 Å². The fourth-order valence-corrected chi connectivity index (χ4v) is 1.92. The molecule has 0 unspecified atom stereocenters. The Bertz CT molecular complexity index is 152. The van der Waals surface area contributed by atoms with Crippen LogP contribution in [0.2, 0.25) is 0 Å². The highest BCUT2D eigenvalue weighted by Gasteiger charge is 2.46. The van der Waals surface area contributed by atoms with E-state index in [1.165, 1.54) is 0 Å². The second kappa shape index (κ2) is 2.96. The summed E-state index contributed by atoms with van der Waals surface area (Å²) in [5, 5.41) is 10.3. The van der Waals surface area contributed by atoms with Gasteiger partial charge in [-0.25, -0.2) is 0 Å². The molecule has 72 valence electrons. The van der Waals surface area contributed by atoms with Crippen molar-refractivity contribution in [2.45, 2.75) is 51.6 Å². The average Bonchev–Trinajstić information content (AvgIpc) is 2.13. The van der Waals surface area contributed by atoms with Crippen molar-refractivity contribution in [2.24, 2.45) is 0 Å². The second-order valence-corrected chi connectivity index (χ2v) is 4.60. The van der Waals surface area contributed by atoms with Gasteiger partial charge in [-0.05, 0) is 40.5 Å². The predicted molar refractivity (Wildman–Crippen MR) is 45.2 cm³/mol. The third-order valence-corrected chi connectivity index (χ3v) is 2.58. The number of hydrogen-bond donors (Lipinski definition) is 2. The van der Waals surface area contributed by atoms with E-state index < -0.39 is 0 Å². The van der Waals surface area contributed by atoms with E-state index in [0.717, 1.165) is 12.8 Å². The van der Waals surface area contributed by atoms with Crippen LogP contribution < -0.4 is 5.64 Å². The molecule has 0 aliphatic carbocycles. The third-order valence-electron chi connectivity index (χ3n) is 2.58. The molecule has 0 aromatic carbocycles. The highest BCUT2D eigenvalue weighted by Crippen LogP contribution is 2.39. The van der Waals surface area contributed by atoms with Crippen LogP contribution in [-0.2, 0) is 4.94 Å². The minimum absolute atomic E-state index is 0.0147. The maximum Gasteiger partial charge on any atom is 0.0433 e. The fraction of sp³-hybridized carbons (Fsp3) is 1.00. The van der Waals surface area contributed by atoms with Crippen LogP contribution in [-0.4, -0.2) is 21.3 Å². The van der Waals surface area contributed by atoms with Gasteiger partial charge in [-0.15, -0.1) is 0 Å². The summed E-state index contributed by atoms with van der Waals surface area (Å²) in [6.45, 7) is 8.39. The maximum atomic E-state index is 8.48. The summed E-state index contributed by atoms with van der Waals surface area (Å²) in [7, 11) is 0. The molecule has 2 N–H and O–H groups in total. The van der Waals surface area contributed by atoms with E-state index in [-0.39, 0.29) is 11.1 Å². The molecule has 0 aromatic rings. The van der Waals surface area contributed by atoms with Gasteiger partial charge in [0.25, 0.3) is 0 Å². The van der Waals surface area contributed by atoms with Crippen LogP contribution >= 0.6 is 0 Å². The summed E-state index contributed by atoms with van der Waals surface area (Å²) in [5.74, 6) is 0. The number of rotatable bonds is 2. The zero-order chi connectivity index (χ0) is 9.41. The molecule has 0 atom stereocenters. The second-order valence-electron chi connectivity index (χ2n) is 4.60. The molecular formula is C8H18N2O2. The number of hydrogen-bond acceptors (Lipinski definition) is 4. The molecule has 0 saturated carbocycles. The fourth-order valence-electron chi connectivity index (χ4n) is 1.92. The minimum atomic E-state index is -0.0147. The van der Waals surface area contributed by atoms with Crippen molar-refractivity contribution in [3.8, 4) is 0 Å². The van der Waals surface area contributed by atoms with Crippen LogP contribution in [0.5, 0.6) is 0 Å². The highest BCUT2D eigenvalue weighted by atomic mass is 16.9. The van der Waals surface area contributed by atoms with Crippen LogP contribution in [0.15, 0.2) is 0 Å². The number of nitrogens with one attached hydrogen (secondary N) is 1. The lowest BCUT2D eigenvalue weighted by molar-refractivity contribution is -0.336. The van der Waals surface area contributed by atoms with Gasteiger partial charge in [0.2, 0.25) is 0 Å². The zero-order valence-corrected chi connectivity index (χ0v) is 8.22. The molecule has 0 spiro atoms. The monoisotopic (exact) mass is 174 g/mol. The summed E-state index contributed by atoms with van der Waals surface area (Å²) in [5.41, 5.74) is 1.72. The van der Waals surface area contributed by atoms with Crippen LogP contribution in [0.1, 0.15) is 40.5 Å². The number of nitrogens with zero attached hydrogens (tertiary/aromatic N) is 1. The Kier molecular flexibility index (Phi) is 2.45. The molecule has 1 aliphatic rings. The molecule has 0 aromatic heterocycles. The molecule has 0 bridgehead atoms. The number of hydroxylamine groups is 2. The van der Waals surface area contributed by atoms with Crippen LogP contribution in [0, 0.1) is 0 Å². The lowest BCUT2D eigenvalue weighted by Gasteiger charge is -2.37. The topological polar surface area (TPSA) is 44.7 Å². The molecule has 4 nitrogen and oxygen atoms in total. The van der Waals surface area contributed by atoms with Crippen molar-refractivity contribution >= 4 is 0 Å². The van der Waals surface area contributed by atoms with Gasteiger partial charge in [0.05, 0.1) is 0 Å². The SMILES string of the molecule is CC1(C)CCC(C)(C)N1ONO. The van der Waals surface area contributed by atoms with Crippen molar-refractivity contribution in [3.05, 3.63) is 0 Å². The first-order valence-corrected chi connectivity index (χ1v) is 4.26. The van der Waals surface area contributed by atoms with E-state index in [1.807, 2.05) is 0 Å². The van der Waals surface area contributed by atoms with Gasteiger partial charge in [-0.1, -0.05) is 5.64 Å². The minimum Gasteiger partial charge on any atom is -0.291 e. The van der Waals surface area contributed by atoms with Gasteiger partial charge in [-0.3, -0.25) is 5.21 Å². The first kappa shape index (κ1) is 9.92.